The average molecular weight is 2100 g/mol. The Balaban J connectivity index is 0.000000192. The molecular formula is C103H108Cl3F10N19O12. The first-order valence-electron chi connectivity index (χ1n) is 44.8. The molecule has 15 rings (SSSR count). The van der Waals surface area contributed by atoms with Gasteiger partial charge in [0.15, 0.2) is 0 Å². The van der Waals surface area contributed by atoms with E-state index in [1.807, 2.05) is 38.1 Å². The first kappa shape index (κ1) is 114. The van der Waals surface area contributed by atoms with Gasteiger partial charge in [-0.25, -0.2) is 86.2 Å². The molecule has 0 atom stereocenters. The third-order valence-corrected chi connectivity index (χ3v) is 19.6. The Hall–Kier alpha value is -15.4. The van der Waals surface area contributed by atoms with Gasteiger partial charge in [0, 0.05) is 84.1 Å². The molecule has 0 aliphatic rings. The van der Waals surface area contributed by atoms with Crippen molar-refractivity contribution in [3.05, 3.63) is 279 Å². The molecule has 0 aliphatic heterocycles. The Labute approximate surface area is 854 Å². The van der Waals surface area contributed by atoms with Gasteiger partial charge in [0.25, 0.3) is 0 Å². The summed E-state index contributed by atoms with van der Waals surface area (Å²) in [5.41, 5.74) is 14.9. The quantitative estimate of drug-likeness (QED) is 0.0427. The van der Waals surface area contributed by atoms with E-state index in [0.717, 1.165) is 51.1 Å². The van der Waals surface area contributed by atoms with E-state index in [1.54, 1.807) is 185 Å². The molecule has 12 aromatic heterocycles. The van der Waals surface area contributed by atoms with Crippen molar-refractivity contribution < 1.29 is 101 Å². The molecule has 0 unspecified atom stereocenters. The molecule has 3 aromatic carbocycles. The van der Waals surface area contributed by atoms with Crippen LogP contribution in [0.4, 0.5) is 124 Å². The maximum absolute atomic E-state index is 14.3. The van der Waals surface area contributed by atoms with Crippen molar-refractivity contribution in [1.82, 2.24) is 57.5 Å². The minimum absolute atomic E-state index is 0.00497. The van der Waals surface area contributed by atoms with E-state index in [9.17, 15) is 72.7 Å². The number of hydrogen-bond acceptors (Lipinski definition) is 24. The number of ether oxygens (including phenoxy) is 6. The van der Waals surface area contributed by atoms with Gasteiger partial charge in [0.1, 0.15) is 107 Å². The number of hydrogen-bond donors (Lipinski definition) is 4. The lowest BCUT2D eigenvalue weighted by Gasteiger charge is -2.29. The van der Waals surface area contributed by atoms with Crippen LogP contribution in [0.1, 0.15) is 164 Å². The van der Waals surface area contributed by atoms with Gasteiger partial charge in [-0.1, -0.05) is 52.5 Å². The van der Waals surface area contributed by atoms with Crippen molar-refractivity contribution >= 4 is 145 Å². The molecule has 6 N–H and O–H groups in total. The average Bonchev–Trinajstić information content (AvgIpc) is 1.56. The lowest BCUT2D eigenvalue weighted by Crippen LogP contribution is -2.43. The van der Waals surface area contributed by atoms with Gasteiger partial charge < -0.3 is 54.9 Å². The number of anilines is 9. The van der Waals surface area contributed by atoms with Gasteiger partial charge in [-0.2, -0.15) is 41.0 Å². The molecule has 0 bridgehead atoms. The summed E-state index contributed by atoms with van der Waals surface area (Å²) < 4.78 is 171. The van der Waals surface area contributed by atoms with Crippen LogP contribution in [0.3, 0.4) is 0 Å². The number of alkyl halides is 6. The zero-order valence-electron chi connectivity index (χ0n) is 84.2. The standard InChI is InChI=1S/C30H31F4N5O4.C23H26ClFN4O4.C20H15F4N5.C15H20Cl2N2O4.C8H7FN2.C7H9N/c1-17-25(38-16-19(31)10-13-24(38)35-17)22-14-21(39(26(40)42-28(2,3)4)27(41)43-29(5,6)7)15-23(37-22)36-20-11-8-18(9-12-20)30(32,33)34;1-13-19(28-12-14(25)8-9-18(28)26-13)16-10-15(11-17(24)27-16)29(20(30)32-22(2,3)4)21(31)33-23(5,6)7;1-11-19(29-10-13(21)4-7-18(29)26-11)16-8-14(25)9-17(28-16)27-15-5-2-12(3-6-15)20(22,23)24;1-14(2,3)22-12(20)19(13(21)23-15(4,5)6)9-7-10(16)18-11(17)8-9;1-6-4-11-5-7(9)2-3-8(11)10-6;1-6-2-4-7(8)5-3-6/h8-16H,1-7H3,(H,36,37);8-12H,1-7H3;2-10H,1H3,(H3,25,27,28);7-8H,1-6H3;2-5H,1H3;2-5H,8H2,1H3. The highest BCUT2D eigenvalue weighted by atomic mass is 35.5. The number of aryl methyl sites for hydroxylation is 5. The summed E-state index contributed by atoms with van der Waals surface area (Å²) >= 11 is 18.0. The van der Waals surface area contributed by atoms with Crippen LogP contribution in [-0.4, -0.2) is 128 Å². The van der Waals surface area contributed by atoms with E-state index in [0.29, 0.717) is 78.9 Å². The predicted molar refractivity (Wildman–Crippen MR) is 543 cm³/mol. The van der Waals surface area contributed by atoms with Crippen LogP contribution in [0.25, 0.3) is 56.8 Å². The molecule has 0 saturated carbocycles. The van der Waals surface area contributed by atoms with E-state index in [1.165, 1.54) is 136 Å². The number of nitrogen functional groups attached to an aromatic ring is 2. The van der Waals surface area contributed by atoms with Crippen molar-refractivity contribution in [3.63, 3.8) is 0 Å². The molecule has 778 valence electrons. The fourth-order valence-electron chi connectivity index (χ4n) is 13.4. The van der Waals surface area contributed by atoms with E-state index in [4.69, 9.17) is 74.7 Å². The van der Waals surface area contributed by atoms with Crippen molar-refractivity contribution in [2.75, 3.05) is 36.8 Å². The van der Waals surface area contributed by atoms with E-state index < -0.39 is 111 Å². The molecule has 0 aliphatic carbocycles. The van der Waals surface area contributed by atoms with Crippen molar-refractivity contribution in [2.45, 2.75) is 205 Å². The molecule has 12 heterocycles. The minimum Gasteiger partial charge on any atom is -0.443 e. The minimum atomic E-state index is -4.53. The summed E-state index contributed by atoms with van der Waals surface area (Å²) in [6.07, 6.45) is -7.70. The molecule has 6 amide bonds. The summed E-state index contributed by atoms with van der Waals surface area (Å²) in [5.74, 6) is -1.29. The van der Waals surface area contributed by atoms with Crippen molar-refractivity contribution in [2.24, 2.45) is 0 Å². The van der Waals surface area contributed by atoms with Crippen LogP contribution >= 0.6 is 34.8 Å². The summed E-state index contributed by atoms with van der Waals surface area (Å²) in [6, 6.07) is 39.5. The second-order valence-electron chi connectivity index (χ2n) is 38.8. The number of amides is 6. The fraction of sp³-hybridized carbons (Fsp3) is 0.301. The number of halogens is 13. The van der Waals surface area contributed by atoms with Crippen LogP contribution in [0, 0.1) is 57.9 Å². The molecule has 0 radical (unpaired) electrons. The zero-order chi connectivity index (χ0) is 109. The van der Waals surface area contributed by atoms with Gasteiger partial charge in [-0.05, 0) is 287 Å². The number of carbonyl (C=O) groups excluding carboxylic acids is 6. The predicted octanol–water partition coefficient (Wildman–Crippen LogP) is 28.1. The Morgan fingerprint density at radius 1 is 0.313 bits per heavy atom. The van der Waals surface area contributed by atoms with Gasteiger partial charge in [-0.3, -0.25) is 13.2 Å². The van der Waals surface area contributed by atoms with Crippen LogP contribution < -0.4 is 36.8 Å². The second-order valence-corrected chi connectivity index (χ2v) is 40.0. The first-order chi connectivity index (χ1) is 68.0. The zero-order valence-corrected chi connectivity index (χ0v) is 86.5. The normalized spacial score (nSPS) is 11.8. The first-order valence-corrected chi connectivity index (χ1v) is 46.0. The third kappa shape index (κ3) is 32.8. The number of fused-ring (bicyclic) bond motifs is 4. The van der Waals surface area contributed by atoms with Crippen LogP contribution in [0.5, 0.6) is 0 Å². The number of nitrogens with zero attached hydrogens (tertiary/aromatic N) is 15. The number of rotatable bonds is 10. The third-order valence-electron chi connectivity index (χ3n) is 19.0. The van der Waals surface area contributed by atoms with Crippen LogP contribution in [-0.2, 0) is 40.8 Å². The highest BCUT2D eigenvalue weighted by Gasteiger charge is 2.39. The maximum atomic E-state index is 14.3. The smallest absolute Gasteiger partial charge is 0.424 e. The van der Waals surface area contributed by atoms with Crippen LogP contribution in [0.15, 0.2) is 201 Å². The molecular weight excluding hydrogens is 1990 g/mol. The Morgan fingerprint density at radius 3 is 0.918 bits per heavy atom. The highest BCUT2D eigenvalue weighted by molar-refractivity contribution is 6.33. The highest BCUT2D eigenvalue weighted by Crippen LogP contribution is 2.39. The molecule has 31 nitrogen and oxygen atoms in total. The molecule has 147 heavy (non-hydrogen) atoms. The van der Waals surface area contributed by atoms with Crippen molar-refractivity contribution in [3.8, 4) is 34.2 Å². The largest absolute Gasteiger partial charge is 0.443 e. The Morgan fingerprint density at radius 2 is 0.599 bits per heavy atom. The molecule has 0 spiro atoms. The number of imide groups is 3. The monoisotopic (exact) mass is 2100 g/mol. The SMILES string of the molecule is CC(C)(C)OC(=O)N(C(=O)OC(C)(C)C)c1cc(Cl)nc(Cl)c1.Cc1ccc(N)cc1.Cc1cn2cc(F)ccc2n1.Cc1nc2ccc(F)cn2c1-c1cc(N(C(=O)OC(C)(C)C)C(=O)OC(C)(C)C)cc(Cl)n1.Cc1nc2ccc(F)cn2c1-c1cc(N(C(=O)OC(C)(C)C)C(=O)OC(C)(C)C)cc(Nc2ccc(C(F)(F)F)cc2)n1.Cc1nc2ccc(F)cn2c1-c1cc(N)cc(Nc2ccc(C(F)(F)F)cc2)n1. The summed E-state index contributed by atoms with van der Waals surface area (Å²) in [6.45, 7) is 39.1. The number of nitrogens with one attached hydrogen (secondary N) is 2. The molecule has 15 aromatic rings. The van der Waals surface area contributed by atoms with Gasteiger partial charge in [-0.15, -0.1) is 0 Å². The topological polar surface area (TPSA) is 364 Å². The summed E-state index contributed by atoms with van der Waals surface area (Å²) in [4.78, 5) is 114. The van der Waals surface area contributed by atoms with Crippen molar-refractivity contribution in [1.29, 1.82) is 0 Å². The number of imidazole rings is 4. The number of pyridine rings is 8. The Bertz CT molecular complexity index is 7200. The van der Waals surface area contributed by atoms with Gasteiger partial charge in [0.05, 0.1) is 85.1 Å². The van der Waals surface area contributed by atoms with Gasteiger partial charge >= 0.3 is 48.9 Å². The lowest BCUT2D eigenvalue weighted by molar-refractivity contribution is -0.138. The van der Waals surface area contributed by atoms with E-state index >= 15 is 0 Å². The molecule has 0 fully saturated rings. The molecule has 0 saturated heterocycles. The number of nitrogens with two attached hydrogens (primary N) is 2. The number of carbonyl (C=O) groups is 6. The lowest BCUT2D eigenvalue weighted by atomic mass is 10.2. The maximum Gasteiger partial charge on any atom is 0.424 e. The summed E-state index contributed by atoms with van der Waals surface area (Å²) in [7, 11) is 0. The van der Waals surface area contributed by atoms with E-state index in [2.05, 4.69) is 50.5 Å². The van der Waals surface area contributed by atoms with Gasteiger partial charge in [0.2, 0.25) is 0 Å². The second kappa shape index (κ2) is 45.5. The molecule has 44 heteroatoms. The Kier molecular flexibility index (Phi) is 35.1. The van der Waals surface area contributed by atoms with E-state index in [-0.39, 0.29) is 61.2 Å². The fourth-order valence-corrected chi connectivity index (χ4v) is 14.0. The number of benzene rings is 3. The van der Waals surface area contributed by atoms with Crippen LogP contribution in [0.2, 0.25) is 15.5 Å². The number of aromatic nitrogens is 12. The summed E-state index contributed by atoms with van der Waals surface area (Å²) in [5, 5.41) is 5.93.